The van der Waals surface area contributed by atoms with Crippen LogP contribution in [0.1, 0.15) is 67.8 Å². The zero-order valence-electron chi connectivity index (χ0n) is 19.6. The highest BCUT2D eigenvalue weighted by atomic mass is 32.1. The van der Waals surface area contributed by atoms with Gasteiger partial charge in [-0.1, -0.05) is 5.92 Å². The molecule has 2 heterocycles. The molecule has 0 aliphatic rings. The number of unbranched alkanes of at least 4 members (excludes halogenated alkanes) is 1. The number of carbonyl (C=O) groups excluding carboxylic acids is 2. The maximum Gasteiger partial charge on any atom is 0.419 e. The van der Waals surface area contributed by atoms with Crippen molar-refractivity contribution in [2.45, 2.75) is 38.9 Å². The maximum absolute atomic E-state index is 13.5. The van der Waals surface area contributed by atoms with Crippen LogP contribution in [0.4, 0.5) is 23.2 Å². The van der Waals surface area contributed by atoms with Crippen molar-refractivity contribution in [2.24, 2.45) is 0 Å². The van der Waals surface area contributed by atoms with Gasteiger partial charge in [0.05, 0.1) is 17.8 Å². The Morgan fingerprint density at radius 2 is 1.95 bits per heavy atom. The zero-order chi connectivity index (χ0) is 27.2. The van der Waals surface area contributed by atoms with Gasteiger partial charge in [0.1, 0.15) is 33.4 Å². The number of rotatable bonds is 7. The van der Waals surface area contributed by atoms with Crippen molar-refractivity contribution in [3.63, 3.8) is 0 Å². The van der Waals surface area contributed by atoms with Crippen molar-refractivity contribution in [3.05, 3.63) is 68.9 Å². The number of aromatic nitrogens is 3. The molecule has 0 aliphatic carbocycles. The van der Waals surface area contributed by atoms with Crippen LogP contribution in [0.25, 0.3) is 0 Å². The number of aliphatic hydroxyl groups excluding tert-OH is 1. The summed E-state index contributed by atoms with van der Waals surface area (Å²) in [5.41, 5.74) is -0.760. The predicted octanol–water partition coefficient (Wildman–Crippen LogP) is 4.27. The molecule has 3 rings (SSSR count). The molecule has 0 saturated heterocycles. The summed E-state index contributed by atoms with van der Waals surface area (Å²) < 4.78 is 52.2. The first-order valence-corrected chi connectivity index (χ1v) is 11.7. The third-order valence-electron chi connectivity index (χ3n) is 4.96. The molecule has 8 nitrogen and oxygen atoms in total. The summed E-state index contributed by atoms with van der Waals surface area (Å²) in [6.45, 7) is 3.32. The Balaban J connectivity index is 1.68. The fourth-order valence-electron chi connectivity index (χ4n) is 3.05. The molecule has 0 spiro atoms. The van der Waals surface area contributed by atoms with Crippen LogP contribution >= 0.6 is 11.3 Å². The van der Waals surface area contributed by atoms with Gasteiger partial charge in [-0.3, -0.25) is 9.59 Å². The van der Waals surface area contributed by atoms with Crippen LogP contribution in [0.2, 0.25) is 0 Å². The van der Waals surface area contributed by atoms with E-state index in [-0.39, 0.29) is 22.9 Å². The summed E-state index contributed by atoms with van der Waals surface area (Å²) in [6.07, 6.45) is -1.47. The molecule has 0 bridgehead atoms. The van der Waals surface area contributed by atoms with Gasteiger partial charge >= 0.3 is 6.18 Å². The molecule has 37 heavy (non-hydrogen) atoms. The molecular formula is C24H21F4N5O3S. The summed E-state index contributed by atoms with van der Waals surface area (Å²) in [5, 5.41) is 14.2. The topological polar surface area (TPSA) is 117 Å². The number of hydrogen-bond acceptors (Lipinski definition) is 7. The van der Waals surface area contributed by atoms with Gasteiger partial charge in [0, 0.05) is 24.3 Å². The second kappa shape index (κ2) is 11.9. The zero-order valence-corrected chi connectivity index (χ0v) is 20.4. The van der Waals surface area contributed by atoms with Crippen molar-refractivity contribution < 1.29 is 32.3 Å². The van der Waals surface area contributed by atoms with E-state index in [1.54, 1.807) is 13.8 Å². The SMILES string of the molecule is Cc1c(C#CCCCO)ncnc1C(=O)NC(C)c1ncc(C(=O)Nc2ccc(F)c(C(F)(F)F)c2)s1. The van der Waals surface area contributed by atoms with Crippen LogP contribution in [0.3, 0.4) is 0 Å². The third kappa shape index (κ3) is 7.08. The van der Waals surface area contributed by atoms with Crippen LogP contribution in [-0.4, -0.2) is 38.5 Å². The number of nitrogens with zero attached hydrogens (tertiary/aromatic N) is 3. The average molecular weight is 536 g/mol. The summed E-state index contributed by atoms with van der Waals surface area (Å²) in [7, 11) is 0. The average Bonchev–Trinajstić information content (AvgIpc) is 3.34. The summed E-state index contributed by atoms with van der Waals surface area (Å²) in [6, 6.07) is 1.51. The van der Waals surface area contributed by atoms with Crippen molar-refractivity contribution in [3.8, 4) is 11.8 Å². The summed E-state index contributed by atoms with van der Waals surface area (Å²) in [4.78, 5) is 37.6. The molecule has 0 saturated carbocycles. The first kappa shape index (κ1) is 27.7. The summed E-state index contributed by atoms with van der Waals surface area (Å²) >= 11 is 0.932. The molecule has 3 N–H and O–H groups in total. The number of carbonyl (C=O) groups is 2. The van der Waals surface area contributed by atoms with E-state index in [0.717, 1.165) is 17.4 Å². The van der Waals surface area contributed by atoms with Gasteiger partial charge in [-0.05, 0) is 44.4 Å². The number of nitrogens with one attached hydrogen (secondary N) is 2. The van der Waals surface area contributed by atoms with Gasteiger partial charge in [-0.25, -0.2) is 19.3 Å². The number of thiazole rings is 1. The predicted molar refractivity (Wildman–Crippen MR) is 127 cm³/mol. The van der Waals surface area contributed by atoms with Gasteiger partial charge < -0.3 is 15.7 Å². The maximum atomic E-state index is 13.5. The monoisotopic (exact) mass is 535 g/mol. The number of aliphatic hydroxyl groups is 1. The molecule has 194 valence electrons. The smallest absolute Gasteiger partial charge is 0.396 e. The minimum Gasteiger partial charge on any atom is -0.396 e. The van der Waals surface area contributed by atoms with Crippen molar-refractivity contribution in [1.82, 2.24) is 20.3 Å². The second-order valence-corrected chi connectivity index (χ2v) is 8.79. The van der Waals surface area contributed by atoms with E-state index in [1.807, 2.05) is 0 Å². The first-order chi connectivity index (χ1) is 17.5. The first-order valence-electron chi connectivity index (χ1n) is 10.9. The molecule has 1 aromatic carbocycles. The largest absolute Gasteiger partial charge is 0.419 e. The van der Waals surface area contributed by atoms with E-state index >= 15 is 0 Å². The number of benzene rings is 1. The lowest BCUT2D eigenvalue weighted by molar-refractivity contribution is -0.139. The number of amides is 2. The van der Waals surface area contributed by atoms with Gasteiger partial charge in [0.2, 0.25) is 0 Å². The molecular weight excluding hydrogens is 514 g/mol. The highest BCUT2D eigenvalue weighted by Crippen LogP contribution is 2.33. The molecule has 0 aliphatic heterocycles. The molecule has 0 radical (unpaired) electrons. The Morgan fingerprint density at radius 3 is 2.65 bits per heavy atom. The highest BCUT2D eigenvalue weighted by molar-refractivity contribution is 7.13. The minimum absolute atomic E-state index is 0.0222. The third-order valence-corrected chi connectivity index (χ3v) is 6.14. The normalized spacial score (nSPS) is 11.9. The number of alkyl halides is 3. The number of anilines is 1. The van der Waals surface area contributed by atoms with Crippen molar-refractivity contribution in [2.75, 3.05) is 11.9 Å². The van der Waals surface area contributed by atoms with Crippen molar-refractivity contribution in [1.29, 1.82) is 0 Å². The van der Waals surface area contributed by atoms with E-state index in [4.69, 9.17) is 5.11 Å². The number of hydrogen-bond donors (Lipinski definition) is 3. The fraction of sp³-hybridized carbons (Fsp3) is 0.292. The van der Waals surface area contributed by atoms with Crippen LogP contribution in [0, 0.1) is 24.6 Å². The van der Waals surface area contributed by atoms with Crippen LogP contribution in [-0.2, 0) is 6.18 Å². The molecule has 13 heteroatoms. The van der Waals surface area contributed by atoms with Crippen LogP contribution in [0.5, 0.6) is 0 Å². The molecule has 2 aromatic heterocycles. The van der Waals surface area contributed by atoms with E-state index in [2.05, 4.69) is 37.4 Å². The van der Waals surface area contributed by atoms with Gasteiger partial charge in [-0.15, -0.1) is 11.3 Å². The Bertz CT molecular complexity index is 1360. The summed E-state index contributed by atoms with van der Waals surface area (Å²) in [5.74, 6) is 3.01. The van der Waals surface area contributed by atoms with E-state index in [0.29, 0.717) is 41.2 Å². The highest BCUT2D eigenvalue weighted by Gasteiger charge is 2.34. The standard InChI is InChI=1S/C24H21F4N5O3S/c1-13-18(6-4-3-5-9-34)30-12-31-20(13)22(36)32-14(2)23-29-11-19(37-23)21(35)33-15-7-8-17(25)16(10-15)24(26,27)28/h7-8,10-12,14,34H,3,5,9H2,1-2H3,(H,32,36)(H,33,35). The fourth-order valence-corrected chi connectivity index (χ4v) is 3.87. The van der Waals surface area contributed by atoms with Gasteiger partial charge in [0.25, 0.3) is 11.8 Å². The Labute approximate surface area is 213 Å². The Morgan fingerprint density at radius 1 is 1.19 bits per heavy atom. The van der Waals surface area contributed by atoms with Crippen LogP contribution in [0.15, 0.2) is 30.7 Å². The molecule has 0 fully saturated rings. The molecule has 1 atom stereocenters. The number of halogens is 4. The van der Waals surface area contributed by atoms with Gasteiger partial charge in [0.15, 0.2) is 0 Å². The lowest BCUT2D eigenvalue weighted by atomic mass is 10.1. The van der Waals surface area contributed by atoms with Crippen molar-refractivity contribution >= 4 is 28.8 Å². The molecule has 2 amide bonds. The lowest BCUT2D eigenvalue weighted by Gasteiger charge is -2.12. The van der Waals surface area contributed by atoms with Gasteiger partial charge in [-0.2, -0.15) is 13.2 Å². The Hall–Kier alpha value is -3.89. The lowest BCUT2D eigenvalue weighted by Crippen LogP contribution is -2.28. The second-order valence-electron chi connectivity index (χ2n) is 7.73. The van der Waals surface area contributed by atoms with Crippen LogP contribution < -0.4 is 10.6 Å². The minimum atomic E-state index is -4.91. The Kier molecular flexibility index (Phi) is 8.90. The quantitative estimate of drug-likeness (QED) is 0.236. The molecule has 3 aromatic rings. The van der Waals surface area contributed by atoms with E-state index < -0.39 is 35.4 Å². The molecule has 1 unspecified atom stereocenters. The van der Waals surface area contributed by atoms with E-state index in [9.17, 15) is 27.2 Å². The van der Waals surface area contributed by atoms with E-state index in [1.165, 1.54) is 12.5 Å².